The summed E-state index contributed by atoms with van der Waals surface area (Å²) in [6.45, 7) is 2.13. The summed E-state index contributed by atoms with van der Waals surface area (Å²) >= 11 is 0. The molecule has 8 heteroatoms. The third kappa shape index (κ3) is 4.07. The van der Waals surface area contributed by atoms with Gasteiger partial charge in [-0.3, -0.25) is 0 Å². The zero-order chi connectivity index (χ0) is 18.0. The highest BCUT2D eigenvalue weighted by atomic mass is 19.4. The average molecular weight is 354 g/mol. The molecule has 1 aliphatic heterocycles. The van der Waals surface area contributed by atoms with Gasteiger partial charge < -0.3 is 10.2 Å². The molecule has 2 atom stereocenters. The molecular weight excluding hydrogens is 336 g/mol. The molecule has 25 heavy (non-hydrogen) atoms. The molecule has 1 aromatic carbocycles. The predicted molar refractivity (Wildman–Crippen MR) is 85.8 cm³/mol. The number of rotatable bonds is 4. The number of hydrogen-bond acceptors (Lipinski definition) is 4. The van der Waals surface area contributed by atoms with Crippen LogP contribution in [0.4, 0.5) is 23.5 Å². The van der Waals surface area contributed by atoms with Crippen LogP contribution in [-0.4, -0.2) is 36.6 Å². The van der Waals surface area contributed by atoms with Crippen molar-refractivity contribution in [3.63, 3.8) is 0 Å². The number of halogens is 4. The normalized spacial score (nSPS) is 20.7. The molecule has 0 spiro atoms. The van der Waals surface area contributed by atoms with Crippen LogP contribution in [0.25, 0.3) is 0 Å². The van der Waals surface area contributed by atoms with E-state index in [0.29, 0.717) is 6.54 Å². The lowest BCUT2D eigenvalue weighted by Gasteiger charge is -2.25. The summed E-state index contributed by atoms with van der Waals surface area (Å²) in [6.07, 6.45) is -2.85. The van der Waals surface area contributed by atoms with Crippen molar-refractivity contribution in [2.24, 2.45) is 5.92 Å². The van der Waals surface area contributed by atoms with Crippen molar-refractivity contribution in [1.82, 2.24) is 15.3 Å². The van der Waals surface area contributed by atoms with Gasteiger partial charge in [0, 0.05) is 45.0 Å². The Labute approximate surface area is 142 Å². The van der Waals surface area contributed by atoms with E-state index >= 15 is 0 Å². The number of alkyl halides is 3. The Balaban J connectivity index is 1.69. The van der Waals surface area contributed by atoms with E-state index in [2.05, 4.69) is 15.3 Å². The van der Waals surface area contributed by atoms with Gasteiger partial charge in [-0.15, -0.1) is 0 Å². The van der Waals surface area contributed by atoms with Crippen molar-refractivity contribution in [2.75, 3.05) is 31.6 Å². The molecule has 2 heterocycles. The summed E-state index contributed by atoms with van der Waals surface area (Å²) in [5.74, 6) is 0.401. The lowest BCUT2D eigenvalue weighted by Crippen LogP contribution is -2.30. The van der Waals surface area contributed by atoms with Crippen molar-refractivity contribution in [1.29, 1.82) is 0 Å². The third-order valence-corrected chi connectivity index (χ3v) is 4.45. The van der Waals surface area contributed by atoms with E-state index in [9.17, 15) is 17.6 Å². The van der Waals surface area contributed by atoms with Gasteiger partial charge in [0.05, 0.1) is 5.56 Å². The van der Waals surface area contributed by atoms with Crippen molar-refractivity contribution < 1.29 is 17.6 Å². The molecule has 0 saturated carbocycles. The van der Waals surface area contributed by atoms with Gasteiger partial charge in [0.1, 0.15) is 5.82 Å². The maximum absolute atomic E-state index is 13.1. The van der Waals surface area contributed by atoms with Crippen LogP contribution < -0.4 is 10.2 Å². The number of aromatic nitrogens is 2. The van der Waals surface area contributed by atoms with E-state index in [0.717, 1.165) is 31.0 Å². The van der Waals surface area contributed by atoms with E-state index in [4.69, 9.17) is 0 Å². The number of nitrogens with one attached hydrogen (secondary N) is 1. The summed E-state index contributed by atoms with van der Waals surface area (Å²) in [4.78, 5) is 9.39. The fourth-order valence-corrected chi connectivity index (χ4v) is 3.12. The number of anilines is 1. The smallest absolute Gasteiger partial charge is 0.344 e. The minimum absolute atomic E-state index is 0.206. The molecular formula is C17H18F4N4. The summed E-state index contributed by atoms with van der Waals surface area (Å²) in [5, 5.41) is 3.31. The van der Waals surface area contributed by atoms with Crippen LogP contribution in [-0.2, 0) is 6.18 Å². The lowest BCUT2D eigenvalue weighted by molar-refractivity contribution is -0.138. The summed E-state index contributed by atoms with van der Waals surface area (Å²) < 4.78 is 50.9. The first-order chi connectivity index (χ1) is 11.8. The Morgan fingerprint density at radius 3 is 2.36 bits per heavy atom. The van der Waals surface area contributed by atoms with Gasteiger partial charge in [-0.25, -0.2) is 14.4 Å². The van der Waals surface area contributed by atoms with Crippen LogP contribution in [0.15, 0.2) is 36.7 Å². The third-order valence-electron chi connectivity index (χ3n) is 4.45. The molecule has 1 N–H and O–H groups in total. The Morgan fingerprint density at radius 2 is 1.76 bits per heavy atom. The largest absolute Gasteiger partial charge is 0.419 e. The maximum Gasteiger partial charge on any atom is 0.419 e. The van der Waals surface area contributed by atoms with E-state index in [-0.39, 0.29) is 23.6 Å². The van der Waals surface area contributed by atoms with Crippen LogP contribution in [0.5, 0.6) is 0 Å². The second kappa shape index (κ2) is 6.95. The van der Waals surface area contributed by atoms with Gasteiger partial charge in [0.25, 0.3) is 0 Å². The number of hydrogen-bond donors (Lipinski definition) is 1. The van der Waals surface area contributed by atoms with Gasteiger partial charge in [-0.05, 0) is 23.6 Å². The average Bonchev–Trinajstić information content (AvgIpc) is 3.03. The molecule has 134 valence electrons. The molecule has 2 unspecified atom stereocenters. The Kier molecular flexibility index (Phi) is 4.89. The molecule has 0 amide bonds. The monoisotopic (exact) mass is 354 g/mol. The van der Waals surface area contributed by atoms with Gasteiger partial charge in [0.15, 0.2) is 0 Å². The quantitative estimate of drug-likeness (QED) is 0.857. The van der Waals surface area contributed by atoms with Gasteiger partial charge in [-0.1, -0.05) is 12.1 Å². The van der Waals surface area contributed by atoms with Gasteiger partial charge >= 0.3 is 6.18 Å². The summed E-state index contributed by atoms with van der Waals surface area (Å²) in [7, 11) is 1.75. The fourth-order valence-electron chi connectivity index (χ4n) is 3.12. The molecule has 1 aliphatic rings. The van der Waals surface area contributed by atoms with Crippen LogP contribution in [0.2, 0.25) is 0 Å². The SMILES string of the molecule is CN(CC1CNCC1c1ccc(F)cc1)c1ncc(C(F)(F)F)cn1. The first-order valence-corrected chi connectivity index (χ1v) is 7.91. The first-order valence-electron chi connectivity index (χ1n) is 7.91. The summed E-state index contributed by atoms with van der Waals surface area (Å²) in [5.41, 5.74) is 0.175. The van der Waals surface area contributed by atoms with E-state index in [1.54, 1.807) is 24.1 Å². The summed E-state index contributed by atoms with van der Waals surface area (Å²) in [6, 6.07) is 6.42. The second-order valence-electron chi connectivity index (χ2n) is 6.23. The second-order valence-corrected chi connectivity index (χ2v) is 6.23. The minimum Gasteiger partial charge on any atom is -0.344 e. The maximum atomic E-state index is 13.1. The van der Waals surface area contributed by atoms with Crippen molar-refractivity contribution in [3.05, 3.63) is 53.6 Å². The highest BCUT2D eigenvalue weighted by molar-refractivity contribution is 5.31. The van der Waals surface area contributed by atoms with Crippen molar-refractivity contribution >= 4 is 5.95 Å². The Hall–Kier alpha value is -2.22. The molecule has 3 rings (SSSR count). The zero-order valence-corrected chi connectivity index (χ0v) is 13.6. The minimum atomic E-state index is -4.44. The topological polar surface area (TPSA) is 41.0 Å². The van der Waals surface area contributed by atoms with Crippen molar-refractivity contribution in [3.8, 4) is 0 Å². The number of nitrogens with zero attached hydrogens (tertiary/aromatic N) is 3. The van der Waals surface area contributed by atoms with Crippen LogP contribution >= 0.6 is 0 Å². The predicted octanol–water partition coefficient (Wildman–Crippen LogP) is 3.07. The van der Waals surface area contributed by atoms with Gasteiger partial charge in [0.2, 0.25) is 5.95 Å². The highest BCUT2D eigenvalue weighted by Gasteiger charge is 2.32. The van der Waals surface area contributed by atoms with E-state index < -0.39 is 11.7 Å². The zero-order valence-electron chi connectivity index (χ0n) is 13.6. The standard InChI is InChI=1S/C17H18F4N4/c1-25(16-23-7-13(8-24-16)17(19,20)21)10-12-6-22-9-15(12)11-2-4-14(18)5-3-11/h2-5,7-8,12,15,22H,6,9-10H2,1H3. The lowest BCUT2D eigenvalue weighted by atomic mass is 9.88. The van der Waals surface area contributed by atoms with E-state index in [1.165, 1.54) is 12.1 Å². The van der Waals surface area contributed by atoms with Crippen LogP contribution in [0, 0.1) is 11.7 Å². The molecule has 4 nitrogen and oxygen atoms in total. The molecule has 0 bridgehead atoms. The molecule has 0 aliphatic carbocycles. The molecule has 0 radical (unpaired) electrons. The Morgan fingerprint density at radius 1 is 1.12 bits per heavy atom. The van der Waals surface area contributed by atoms with Gasteiger partial charge in [-0.2, -0.15) is 13.2 Å². The first kappa shape index (κ1) is 17.6. The van der Waals surface area contributed by atoms with Crippen LogP contribution in [0.1, 0.15) is 17.0 Å². The fraction of sp³-hybridized carbons (Fsp3) is 0.412. The molecule has 1 fully saturated rings. The number of benzene rings is 1. The van der Waals surface area contributed by atoms with Crippen LogP contribution in [0.3, 0.4) is 0 Å². The highest BCUT2D eigenvalue weighted by Crippen LogP contribution is 2.30. The van der Waals surface area contributed by atoms with Crippen molar-refractivity contribution in [2.45, 2.75) is 12.1 Å². The molecule has 1 saturated heterocycles. The molecule has 2 aromatic rings. The van der Waals surface area contributed by atoms with E-state index in [1.807, 2.05) is 0 Å². The molecule has 1 aromatic heterocycles. The Bertz CT molecular complexity index is 700.